The van der Waals surface area contributed by atoms with E-state index in [9.17, 15) is 14.4 Å². The Morgan fingerprint density at radius 1 is 1.30 bits per heavy atom. The molecule has 0 bridgehead atoms. The minimum atomic E-state index is -0.687. The van der Waals surface area contributed by atoms with Crippen LogP contribution in [0.2, 0.25) is 0 Å². The molecule has 0 spiro atoms. The fourth-order valence-electron chi connectivity index (χ4n) is 2.55. The smallest absolute Gasteiger partial charge is 0.315 e. The van der Waals surface area contributed by atoms with Gasteiger partial charge in [-0.05, 0) is 32.6 Å². The summed E-state index contributed by atoms with van der Waals surface area (Å²) < 4.78 is 10.1. The van der Waals surface area contributed by atoms with Gasteiger partial charge >= 0.3 is 12.0 Å². The third-order valence-electron chi connectivity index (χ3n) is 4.33. The molecule has 8 nitrogen and oxygen atoms in total. The van der Waals surface area contributed by atoms with Gasteiger partial charge in [-0.3, -0.25) is 9.59 Å². The summed E-state index contributed by atoms with van der Waals surface area (Å²) in [6.45, 7) is 3.00. The summed E-state index contributed by atoms with van der Waals surface area (Å²) in [5, 5.41) is 7.96. The number of esters is 1. The predicted molar refractivity (Wildman–Crippen MR) is 81.7 cm³/mol. The predicted octanol–water partition coefficient (Wildman–Crippen LogP) is -0.0775. The third-order valence-corrected chi connectivity index (χ3v) is 4.33. The lowest BCUT2D eigenvalue weighted by Gasteiger charge is -2.18. The summed E-state index contributed by atoms with van der Waals surface area (Å²) in [6.07, 6.45) is 3.42. The van der Waals surface area contributed by atoms with Crippen LogP contribution in [0.4, 0.5) is 4.79 Å². The SMILES string of the molecule is COC(=O)C1(CNC(=O)[C@H](C)NC(=O)NCC2CCCO2)CC1. The van der Waals surface area contributed by atoms with Gasteiger partial charge in [0.05, 0.1) is 18.6 Å². The number of hydrogen-bond donors (Lipinski definition) is 3. The van der Waals surface area contributed by atoms with Gasteiger partial charge in [0.15, 0.2) is 0 Å². The van der Waals surface area contributed by atoms with Crippen LogP contribution >= 0.6 is 0 Å². The Morgan fingerprint density at radius 3 is 2.61 bits per heavy atom. The number of rotatable bonds is 7. The first-order valence-electron chi connectivity index (χ1n) is 7.99. The fraction of sp³-hybridized carbons (Fsp3) is 0.800. The molecule has 1 aliphatic heterocycles. The molecule has 1 saturated heterocycles. The lowest BCUT2D eigenvalue weighted by Crippen LogP contribution is -2.50. The molecule has 0 aromatic rings. The quantitative estimate of drug-likeness (QED) is 0.567. The summed E-state index contributed by atoms with van der Waals surface area (Å²) in [4.78, 5) is 35.3. The molecule has 0 aromatic carbocycles. The van der Waals surface area contributed by atoms with Gasteiger partial charge in [0, 0.05) is 19.7 Å². The second-order valence-corrected chi connectivity index (χ2v) is 6.20. The lowest BCUT2D eigenvalue weighted by molar-refractivity contribution is -0.147. The molecule has 1 aliphatic carbocycles. The van der Waals surface area contributed by atoms with Crippen molar-refractivity contribution in [1.29, 1.82) is 0 Å². The Morgan fingerprint density at radius 2 is 2.04 bits per heavy atom. The highest BCUT2D eigenvalue weighted by Gasteiger charge is 2.51. The number of hydrogen-bond acceptors (Lipinski definition) is 5. The first kappa shape index (κ1) is 17.5. The average Bonchev–Trinajstić information content (AvgIpc) is 3.15. The molecule has 2 rings (SSSR count). The number of urea groups is 1. The maximum atomic E-state index is 12.0. The molecule has 2 fully saturated rings. The first-order chi connectivity index (χ1) is 11.0. The van der Waals surface area contributed by atoms with Gasteiger partial charge in [-0.1, -0.05) is 0 Å². The van der Waals surface area contributed by atoms with E-state index in [4.69, 9.17) is 9.47 Å². The number of carbonyl (C=O) groups is 3. The van der Waals surface area contributed by atoms with Crippen molar-refractivity contribution in [3.63, 3.8) is 0 Å². The minimum absolute atomic E-state index is 0.0552. The minimum Gasteiger partial charge on any atom is -0.469 e. The fourth-order valence-corrected chi connectivity index (χ4v) is 2.55. The Bertz CT molecular complexity index is 458. The highest BCUT2D eigenvalue weighted by atomic mass is 16.5. The van der Waals surface area contributed by atoms with Crippen molar-refractivity contribution in [3.05, 3.63) is 0 Å². The molecular weight excluding hydrogens is 302 g/mol. The summed E-state index contributed by atoms with van der Waals surface area (Å²) in [5.74, 6) is -0.625. The zero-order valence-corrected chi connectivity index (χ0v) is 13.6. The van der Waals surface area contributed by atoms with Crippen LogP contribution in [0.5, 0.6) is 0 Å². The van der Waals surface area contributed by atoms with Gasteiger partial charge < -0.3 is 25.4 Å². The summed E-state index contributed by atoms with van der Waals surface area (Å²) >= 11 is 0. The molecular formula is C15H25N3O5. The second-order valence-electron chi connectivity index (χ2n) is 6.20. The molecule has 0 aromatic heterocycles. The van der Waals surface area contributed by atoms with E-state index >= 15 is 0 Å². The van der Waals surface area contributed by atoms with E-state index in [0.717, 1.165) is 19.4 Å². The van der Waals surface area contributed by atoms with E-state index in [2.05, 4.69) is 16.0 Å². The molecule has 1 heterocycles. The first-order valence-corrected chi connectivity index (χ1v) is 7.99. The Hall–Kier alpha value is -1.83. The van der Waals surface area contributed by atoms with Gasteiger partial charge in [0.1, 0.15) is 6.04 Å². The van der Waals surface area contributed by atoms with Crippen molar-refractivity contribution >= 4 is 17.9 Å². The summed E-state index contributed by atoms with van der Waals surface area (Å²) in [7, 11) is 1.34. The highest BCUT2D eigenvalue weighted by Crippen LogP contribution is 2.45. The van der Waals surface area contributed by atoms with Crippen LogP contribution in [-0.2, 0) is 19.1 Å². The van der Waals surface area contributed by atoms with Crippen LogP contribution in [0, 0.1) is 5.41 Å². The van der Waals surface area contributed by atoms with E-state index in [1.54, 1.807) is 6.92 Å². The van der Waals surface area contributed by atoms with Crippen molar-refractivity contribution < 1.29 is 23.9 Å². The molecule has 1 saturated carbocycles. The van der Waals surface area contributed by atoms with Crippen LogP contribution in [0.25, 0.3) is 0 Å². The number of carbonyl (C=O) groups excluding carboxylic acids is 3. The van der Waals surface area contributed by atoms with Crippen molar-refractivity contribution in [2.75, 3.05) is 26.8 Å². The molecule has 8 heteroatoms. The van der Waals surface area contributed by atoms with Gasteiger partial charge in [-0.2, -0.15) is 0 Å². The van der Waals surface area contributed by atoms with E-state index in [-0.39, 0.29) is 24.5 Å². The van der Waals surface area contributed by atoms with Crippen LogP contribution in [0.1, 0.15) is 32.6 Å². The van der Waals surface area contributed by atoms with Crippen LogP contribution < -0.4 is 16.0 Å². The van der Waals surface area contributed by atoms with Gasteiger partial charge in [0.25, 0.3) is 0 Å². The zero-order chi connectivity index (χ0) is 16.9. The van der Waals surface area contributed by atoms with Gasteiger partial charge in [0.2, 0.25) is 5.91 Å². The van der Waals surface area contributed by atoms with Gasteiger partial charge in [-0.25, -0.2) is 4.79 Å². The topological polar surface area (TPSA) is 106 Å². The Kier molecular flexibility index (Phi) is 5.81. The average molecular weight is 327 g/mol. The van der Waals surface area contributed by atoms with Crippen molar-refractivity contribution in [2.24, 2.45) is 5.41 Å². The second kappa shape index (κ2) is 7.63. The molecule has 2 atom stereocenters. The highest BCUT2D eigenvalue weighted by molar-refractivity contribution is 5.87. The molecule has 3 amide bonds. The van der Waals surface area contributed by atoms with Gasteiger partial charge in [-0.15, -0.1) is 0 Å². The van der Waals surface area contributed by atoms with E-state index < -0.39 is 17.5 Å². The molecule has 0 radical (unpaired) electrons. The number of methoxy groups -OCH3 is 1. The largest absolute Gasteiger partial charge is 0.469 e. The Balaban J connectivity index is 1.66. The van der Waals surface area contributed by atoms with E-state index in [1.807, 2.05) is 0 Å². The summed E-state index contributed by atoms with van der Waals surface area (Å²) in [5.41, 5.74) is -0.577. The monoisotopic (exact) mass is 327 g/mol. The van der Waals surface area contributed by atoms with Crippen molar-refractivity contribution in [2.45, 2.75) is 44.8 Å². The lowest BCUT2D eigenvalue weighted by atomic mass is 10.1. The molecule has 3 N–H and O–H groups in total. The standard InChI is InChI=1S/C15H25N3O5/c1-10(18-14(21)16-8-11-4-3-7-23-11)12(19)17-9-15(5-6-15)13(20)22-2/h10-11H,3-9H2,1-2H3,(H,17,19)(H2,16,18,21)/t10-,11?/m0/s1. The molecule has 2 aliphatic rings. The van der Waals surface area contributed by atoms with Crippen LogP contribution in [-0.4, -0.2) is 56.9 Å². The zero-order valence-electron chi connectivity index (χ0n) is 13.6. The number of ether oxygens (including phenoxy) is 2. The van der Waals surface area contributed by atoms with Crippen LogP contribution in [0.15, 0.2) is 0 Å². The maximum absolute atomic E-state index is 12.0. The number of nitrogens with one attached hydrogen (secondary N) is 3. The molecule has 23 heavy (non-hydrogen) atoms. The van der Waals surface area contributed by atoms with E-state index in [0.29, 0.717) is 19.4 Å². The molecule has 130 valence electrons. The molecule has 1 unspecified atom stereocenters. The van der Waals surface area contributed by atoms with E-state index in [1.165, 1.54) is 7.11 Å². The third kappa shape index (κ3) is 4.82. The Labute approximate surface area is 135 Å². The summed E-state index contributed by atoms with van der Waals surface area (Å²) in [6, 6.07) is -1.09. The van der Waals surface area contributed by atoms with Crippen LogP contribution in [0.3, 0.4) is 0 Å². The van der Waals surface area contributed by atoms with Crippen molar-refractivity contribution in [3.8, 4) is 0 Å². The normalized spacial score (nSPS) is 22.8. The number of amides is 3. The van der Waals surface area contributed by atoms with Crippen molar-refractivity contribution in [1.82, 2.24) is 16.0 Å². The maximum Gasteiger partial charge on any atom is 0.315 e.